The number of fused-ring (bicyclic) bond motifs is 1. The molecule has 0 saturated heterocycles. The van der Waals surface area contributed by atoms with E-state index in [1.165, 1.54) is 6.07 Å². The molecule has 1 amide bonds. The zero-order chi connectivity index (χ0) is 33.2. The molecule has 8 nitrogen and oxygen atoms in total. The van der Waals surface area contributed by atoms with Gasteiger partial charge in [-0.05, 0) is 110 Å². The van der Waals surface area contributed by atoms with Crippen LogP contribution in [0, 0.1) is 17.3 Å². The van der Waals surface area contributed by atoms with E-state index in [4.69, 9.17) is 14.5 Å². The second-order valence-electron chi connectivity index (χ2n) is 13.9. The highest BCUT2D eigenvalue weighted by Crippen LogP contribution is 2.46. The van der Waals surface area contributed by atoms with E-state index in [-0.39, 0.29) is 48.2 Å². The van der Waals surface area contributed by atoms with Crippen molar-refractivity contribution >= 4 is 13.9 Å². The van der Waals surface area contributed by atoms with Crippen molar-refractivity contribution in [1.29, 1.82) is 0 Å². The van der Waals surface area contributed by atoms with Gasteiger partial charge in [0.2, 0.25) is 0 Å². The molecule has 0 aliphatic heterocycles. The number of rotatable bonds is 10. The molecular weight excluding hydrogens is 610 g/mol. The molecule has 0 spiro atoms. The summed E-state index contributed by atoms with van der Waals surface area (Å²) >= 11 is 0. The SMILES string of the molecule is CC(C)(C)[C@H]1CC[C@H](Oc2ccc3c(c2C(F)(F)F)CC[C@H]([C@@](C)(CCc2ccccc2COP(=O)(O)O)NC(=O)O)C3)CC1. The van der Waals surface area contributed by atoms with Crippen LogP contribution in [0.5, 0.6) is 5.75 Å². The highest BCUT2D eigenvalue weighted by Gasteiger charge is 2.43. The van der Waals surface area contributed by atoms with Crippen molar-refractivity contribution in [2.75, 3.05) is 0 Å². The van der Waals surface area contributed by atoms with Crippen molar-refractivity contribution in [2.45, 2.75) is 110 Å². The zero-order valence-electron chi connectivity index (χ0n) is 26.3. The maximum Gasteiger partial charge on any atom is 0.469 e. The van der Waals surface area contributed by atoms with Gasteiger partial charge in [-0.3, -0.25) is 4.52 Å². The van der Waals surface area contributed by atoms with Crippen molar-refractivity contribution in [2.24, 2.45) is 17.3 Å². The summed E-state index contributed by atoms with van der Waals surface area (Å²) in [4.78, 5) is 30.1. The maximum absolute atomic E-state index is 14.6. The van der Waals surface area contributed by atoms with Gasteiger partial charge in [0.15, 0.2) is 0 Å². The fourth-order valence-electron chi connectivity index (χ4n) is 7.11. The topological polar surface area (TPSA) is 125 Å². The number of aryl methyl sites for hydroxylation is 1. The molecule has 0 aromatic heterocycles. The van der Waals surface area contributed by atoms with E-state index in [0.29, 0.717) is 49.1 Å². The van der Waals surface area contributed by atoms with Gasteiger partial charge in [-0.25, -0.2) is 9.36 Å². The zero-order valence-corrected chi connectivity index (χ0v) is 27.2. The molecule has 2 aliphatic rings. The number of alkyl halides is 3. The Morgan fingerprint density at radius 2 is 1.60 bits per heavy atom. The average molecular weight is 656 g/mol. The van der Waals surface area contributed by atoms with E-state index in [9.17, 15) is 27.6 Å². The minimum atomic E-state index is -4.69. The molecule has 45 heavy (non-hydrogen) atoms. The third-order valence-electron chi connectivity index (χ3n) is 9.77. The molecule has 0 bridgehead atoms. The molecule has 0 unspecified atom stereocenters. The second-order valence-corrected chi connectivity index (χ2v) is 15.1. The van der Waals surface area contributed by atoms with Crippen LogP contribution in [0.25, 0.3) is 0 Å². The Hall–Kier alpha value is -2.59. The van der Waals surface area contributed by atoms with E-state index >= 15 is 0 Å². The molecule has 2 atom stereocenters. The Balaban J connectivity index is 1.54. The van der Waals surface area contributed by atoms with Gasteiger partial charge in [0, 0.05) is 5.54 Å². The molecule has 4 rings (SSSR count). The lowest BCUT2D eigenvalue weighted by molar-refractivity contribution is -0.140. The first-order valence-electron chi connectivity index (χ1n) is 15.5. The van der Waals surface area contributed by atoms with Crippen LogP contribution in [0.4, 0.5) is 18.0 Å². The van der Waals surface area contributed by atoms with Gasteiger partial charge in [-0.2, -0.15) is 13.2 Å². The molecule has 1 saturated carbocycles. The van der Waals surface area contributed by atoms with Crippen LogP contribution in [0.3, 0.4) is 0 Å². The Kier molecular flexibility index (Phi) is 10.7. The van der Waals surface area contributed by atoms with Gasteiger partial charge in [0.05, 0.1) is 12.7 Å². The first kappa shape index (κ1) is 35.3. The lowest BCUT2D eigenvalue weighted by atomic mass is 9.70. The van der Waals surface area contributed by atoms with Gasteiger partial charge in [-0.1, -0.05) is 51.1 Å². The smallest absolute Gasteiger partial charge is 0.469 e. The summed E-state index contributed by atoms with van der Waals surface area (Å²) in [6, 6.07) is 10.1. The van der Waals surface area contributed by atoms with Gasteiger partial charge in [0.1, 0.15) is 11.3 Å². The molecule has 2 aliphatic carbocycles. The van der Waals surface area contributed by atoms with Crippen LogP contribution in [0.15, 0.2) is 36.4 Å². The summed E-state index contributed by atoms with van der Waals surface area (Å²) < 4.78 is 65.7. The van der Waals surface area contributed by atoms with Crippen LogP contribution >= 0.6 is 7.82 Å². The molecular formula is C33H45F3NO7P. The molecule has 12 heteroatoms. The van der Waals surface area contributed by atoms with E-state index in [2.05, 4.69) is 30.6 Å². The number of phosphoric ester groups is 1. The summed E-state index contributed by atoms with van der Waals surface area (Å²) in [5.74, 6) is 0.0924. The second kappa shape index (κ2) is 13.6. The first-order chi connectivity index (χ1) is 20.9. The fraction of sp³-hybridized carbons (Fsp3) is 0.606. The first-order valence-corrected chi connectivity index (χ1v) is 17.1. The number of nitrogens with one attached hydrogen (secondary N) is 1. The number of ether oxygens (including phenoxy) is 1. The Morgan fingerprint density at radius 3 is 2.18 bits per heavy atom. The number of hydrogen-bond donors (Lipinski definition) is 4. The molecule has 0 heterocycles. The summed E-state index contributed by atoms with van der Waals surface area (Å²) in [6.45, 7) is 8.03. The van der Waals surface area contributed by atoms with Crippen LogP contribution in [-0.4, -0.2) is 32.6 Å². The quantitative estimate of drug-likeness (QED) is 0.191. The predicted octanol–water partition coefficient (Wildman–Crippen LogP) is 8.06. The number of carboxylic acid groups (broad SMARTS) is 1. The summed E-state index contributed by atoms with van der Waals surface area (Å²) in [5, 5.41) is 12.4. The average Bonchev–Trinajstić information content (AvgIpc) is 2.93. The maximum atomic E-state index is 14.6. The number of carbonyl (C=O) groups is 1. The third kappa shape index (κ3) is 9.24. The molecule has 1 fully saturated rings. The van der Waals surface area contributed by atoms with Gasteiger partial charge in [0.25, 0.3) is 0 Å². The van der Waals surface area contributed by atoms with E-state index in [0.717, 1.165) is 18.4 Å². The minimum absolute atomic E-state index is 0.125. The van der Waals surface area contributed by atoms with Crippen LogP contribution in [-0.2, 0) is 41.1 Å². The van der Waals surface area contributed by atoms with Crippen LogP contribution in [0.1, 0.15) is 94.0 Å². The highest BCUT2D eigenvalue weighted by molar-refractivity contribution is 7.46. The number of hydrogen-bond acceptors (Lipinski definition) is 4. The molecule has 2 aromatic rings. The summed E-state index contributed by atoms with van der Waals surface area (Å²) in [7, 11) is -4.69. The van der Waals surface area contributed by atoms with Crippen molar-refractivity contribution in [3.8, 4) is 5.75 Å². The van der Waals surface area contributed by atoms with Crippen molar-refractivity contribution < 1.29 is 46.7 Å². The van der Waals surface area contributed by atoms with E-state index in [1.54, 1.807) is 37.3 Å². The molecule has 4 N–H and O–H groups in total. The normalized spacial score (nSPS) is 22.3. The van der Waals surface area contributed by atoms with Crippen molar-refractivity contribution in [1.82, 2.24) is 5.32 Å². The van der Waals surface area contributed by atoms with Crippen LogP contribution in [0.2, 0.25) is 0 Å². The Morgan fingerprint density at radius 1 is 0.956 bits per heavy atom. The number of amides is 1. The standard InChI is InChI=1S/C33H45F3NO7P/c1-31(2,3)24-10-13-26(14-11-24)44-28-16-9-22-19-25(12-15-27(22)29(28)33(34,35)36)32(4,37-30(38)39)18-17-21-7-5-6-8-23(21)20-43-45(40,41)42/h5-9,16,24-26,37H,10-15,17-20H2,1-4H3,(H,38,39)(H2,40,41,42)/t24-,25-,26-,32+/m0/s1. The minimum Gasteiger partial charge on any atom is -0.490 e. The third-order valence-corrected chi connectivity index (χ3v) is 10.2. The monoisotopic (exact) mass is 655 g/mol. The number of halogens is 3. The van der Waals surface area contributed by atoms with Crippen LogP contribution < -0.4 is 10.1 Å². The molecule has 0 radical (unpaired) electrons. The molecule has 250 valence electrons. The summed E-state index contributed by atoms with van der Waals surface area (Å²) in [5.41, 5.74) is 0.495. The number of benzene rings is 2. The van der Waals surface area contributed by atoms with Crippen molar-refractivity contribution in [3.05, 3.63) is 64.2 Å². The van der Waals surface area contributed by atoms with Gasteiger partial charge < -0.3 is 24.9 Å². The largest absolute Gasteiger partial charge is 0.490 e. The Labute approximate surface area is 263 Å². The number of phosphoric acid groups is 1. The van der Waals surface area contributed by atoms with Crippen molar-refractivity contribution in [3.63, 3.8) is 0 Å². The predicted molar refractivity (Wildman–Crippen MR) is 164 cm³/mol. The lowest BCUT2D eigenvalue weighted by Gasteiger charge is -2.41. The molecule has 2 aromatic carbocycles. The highest BCUT2D eigenvalue weighted by atomic mass is 31.2. The van der Waals surface area contributed by atoms with Gasteiger partial charge in [-0.15, -0.1) is 0 Å². The van der Waals surface area contributed by atoms with E-state index in [1.807, 2.05) is 0 Å². The Bertz CT molecular complexity index is 1400. The van der Waals surface area contributed by atoms with E-state index < -0.39 is 31.2 Å². The summed E-state index contributed by atoms with van der Waals surface area (Å²) in [6.07, 6.45) is -1.43. The lowest BCUT2D eigenvalue weighted by Crippen LogP contribution is -2.53. The van der Waals surface area contributed by atoms with Gasteiger partial charge >= 0.3 is 20.1 Å². The fourth-order valence-corrected chi connectivity index (χ4v) is 7.42.